The maximum Gasteiger partial charge on any atom is 0.315 e. The van der Waals surface area contributed by atoms with E-state index in [4.69, 9.17) is 0 Å². The van der Waals surface area contributed by atoms with Crippen LogP contribution in [0.2, 0.25) is 0 Å². The maximum atomic E-state index is 11.8. The minimum Gasteiger partial charge on any atom is -0.353 e. The zero-order chi connectivity index (χ0) is 17.2. The van der Waals surface area contributed by atoms with Crippen molar-refractivity contribution in [2.45, 2.75) is 77.4 Å². The van der Waals surface area contributed by atoms with Crippen LogP contribution in [0.25, 0.3) is 0 Å². The molecule has 1 saturated carbocycles. The molecular weight excluding hydrogens is 296 g/mol. The van der Waals surface area contributed by atoms with Crippen molar-refractivity contribution in [1.82, 2.24) is 21.3 Å². The van der Waals surface area contributed by atoms with Crippen LogP contribution in [0.15, 0.2) is 0 Å². The van der Waals surface area contributed by atoms with Crippen molar-refractivity contribution in [1.29, 1.82) is 0 Å². The van der Waals surface area contributed by atoms with Gasteiger partial charge in [-0.3, -0.25) is 9.59 Å². The predicted octanol–water partition coefficient (Wildman–Crippen LogP) is 1.04. The third-order valence-corrected chi connectivity index (χ3v) is 4.10. The van der Waals surface area contributed by atoms with E-state index in [0.29, 0.717) is 6.04 Å². The highest BCUT2D eigenvalue weighted by Crippen LogP contribution is 2.17. The Morgan fingerprint density at radius 1 is 1.09 bits per heavy atom. The predicted molar refractivity (Wildman–Crippen MR) is 88.9 cm³/mol. The Labute approximate surface area is 138 Å². The van der Waals surface area contributed by atoms with E-state index in [1.165, 1.54) is 12.8 Å². The zero-order valence-electron chi connectivity index (χ0n) is 14.4. The monoisotopic (exact) mass is 326 g/mol. The maximum absolute atomic E-state index is 11.8. The minimum atomic E-state index is -0.615. The van der Waals surface area contributed by atoms with E-state index in [0.717, 1.165) is 19.3 Å². The lowest BCUT2D eigenvalue weighted by atomic mass is 10.2. The van der Waals surface area contributed by atoms with Gasteiger partial charge in [0.15, 0.2) is 0 Å². The number of amides is 4. The lowest BCUT2D eigenvalue weighted by Gasteiger charge is -2.18. The molecule has 0 radical (unpaired) electrons. The first kappa shape index (κ1) is 19.3. The summed E-state index contributed by atoms with van der Waals surface area (Å²) in [6.45, 7) is 5.77. The quantitative estimate of drug-likeness (QED) is 0.536. The molecular formula is C16H30N4O3. The first-order valence-corrected chi connectivity index (χ1v) is 8.56. The molecule has 7 nitrogen and oxygen atoms in total. The zero-order valence-corrected chi connectivity index (χ0v) is 14.4. The number of nitrogens with one attached hydrogen (secondary N) is 4. The van der Waals surface area contributed by atoms with Gasteiger partial charge in [-0.25, -0.2) is 4.79 Å². The van der Waals surface area contributed by atoms with Crippen molar-refractivity contribution in [3.05, 3.63) is 0 Å². The van der Waals surface area contributed by atoms with Crippen LogP contribution >= 0.6 is 0 Å². The van der Waals surface area contributed by atoms with Gasteiger partial charge in [0, 0.05) is 25.0 Å². The lowest BCUT2D eigenvalue weighted by Crippen LogP contribution is -2.50. The van der Waals surface area contributed by atoms with Crippen LogP contribution in [0.1, 0.15) is 59.3 Å². The second-order valence-corrected chi connectivity index (χ2v) is 6.24. The van der Waals surface area contributed by atoms with Gasteiger partial charge in [-0.15, -0.1) is 0 Å². The molecule has 23 heavy (non-hydrogen) atoms. The first-order valence-electron chi connectivity index (χ1n) is 8.56. The summed E-state index contributed by atoms with van der Waals surface area (Å²) < 4.78 is 0. The second kappa shape index (κ2) is 10.1. The fourth-order valence-electron chi connectivity index (χ4n) is 2.44. The standard InChI is InChI=1S/C16H30N4O3/c1-4-11(2)18-15(22)12(3)19-16(23)17-10-9-14(21)20-13-7-5-6-8-13/h11-13H,4-10H2,1-3H3,(H,18,22)(H,20,21)(H2,17,19,23). The normalized spacial score (nSPS) is 17.2. The van der Waals surface area contributed by atoms with Crippen molar-refractivity contribution in [3.8, 4) is 0 Å². The minimum absolute atomic E-state index is 0.0419. The molecule has 4 amide bonds. The molecule has 0 saturated heterocycles. The van der Waals surface area contributed by atoms with E-state index in [2.05, 4.69) is 21.3 Å². The van der Waals surface area contributed by atoms with Crippen molar-refractivity contribution in [2.24, 2.45) is 0 Å². The smallest absolute Gasteiger partial charge is 0.315 e. The third-order valence-electron chi connectivity index (χ3n) is 4.10. The fourth-order valence-corrected chi connectivity index (χ4v) is 2.44. The highest BCUT2D eigenvalue weighted by atomic mass is 16.2. The van der Waals surface area contributed by atoms with Gasteiger partial charge in [-0.05, 0) is 33.1 Å². The first-order chi connectivity index (χ1) is 10.9. The van der Waals surface area contributed by atoms with Gasteiger partial charge in [0.25, 0.3) is 0 Å². The van der Waals surface area contributed by atoms with E-state index in [1.807, 2.05) is 13.8 Å². The molecule has 0 aromatic rings. The molecule has 7 heteroatoms. The van der Waals surface area contributed by atoms with Gasteiger partial charge in [0.2, 0.25) is 11.8 Å². The van der Waals surface area contributed by atoms with Crippen molar-refractivity contribution >= 4 is 17.8 Å². The van der Waals surface area contributed by atoms with E-state index in [1.54, 1.807) is 6.92 Å². The van der Waals surface area contributed by atoms with Crippen LogP contribution in [0.3, 0.4) is 0 Å². The molecule has 0 aromatic heterocycles. The summed E-state index contributed by atoms with van der Waals surface area (Å²) in [5, 5.41) is 10.9. The number of urea groups is 1. The Bertz CT molecular complexity index is 408. The molecule has 2 atom stereocenters. The molecule has 2 unspecified atom stereocenters. The summed E-state index contributed by atoms with van der Waals surface area (Å²) in [4.78, 5) is 35.2. The average Bonchev–Trinajstić information content (AvgIpc) is 2.99. The van der Waals surface area contributed by atoms with Gasteiger partial charge in [0.1, 0.15) is 6.04 Å². The Morgan fingerprint density at radius 2 is 1.74 bits per heavy atom. The lowest BCUT2D eigenvalue weighted by molar-refractivity contribution is -0.123. The fraction of sp³-hybridized carbons (Fsp3) is 0.812. The summed E-state index contributed by atoms with van der Waals surface area (Å²) in [6.07, 6.45) is 5.51. The van der Waals surface area contributed by atoms with Crippen LogP contribution in [0.5, 0.6) is 0 Å². The molecule has 1 fully saturated rings. The molecule has 0 aromatic carbocycles. The van der Waals surface area contributed by atoms with E-state index in [-0.39, 0.29) is 30.8 Å². The SMILES string of the molecule is CCC(C)NC(=O)C(C)NC(=O)NCCC(=O)NC1CCCC1. The van der Waals surface area contributed by atoms with Crippen molar-refractivity contribution < 1.29 is 14.4 Å². The summed E-state index contributed by atoms with van der Waals surface area (Å²) >= 11 is 0. The number of carbonyl (C=O) groups excluding carboxylic acids is 3. The molecule has 4 N–H and O–H groups in total. The summed E-state index contributed by atoms with van der Waals surface area (Å²) in [6, 6.07) is -0.684. The Balaban J connectivity index is 2.15. The molecule has 1 aliphatic carbocycles. The van der Waals surface area contributed by atoms with Gasteiger partial charge in [-0.2, -0.15) is 0 Å². The van der Waals surface area contributed by atoms with Gasteiger partial charge < -0.3 is 21.3 Å². The van der Waals surface area contributed by atoms with Crippen LogP contribution in [0.4, 0.5) is 4.79 Å². The van der Waals surface area contributed by atoms with Crippen LogP contribution < -0.4 is 21.3 Å². The van der Waals surface area contributed by atoms with E-state index >= 15 is 0 Å². The molecule has 132 valence electrons. The van der Waals surface area contributed by atoms with E-state index < -0.39 is 12.1 Å². The molecule has 1 rings (SSSR count). The second-order valence-electron chi connectivity index (χ2n) is 6.24. The molecule has 1 aliphatic rings. The average molecular weight is 326 g/mol. The summed E-state index contributed by atoms with van der Waals surface area (Å²) in [7, 11) is 0. The number of hydrogen-bond acceptors (Lipinski definition) is 3. The molecule has 0 spiro atoms. The highest BCUT2D eigenvalue weighted by Gasteiger charge is 2.18. The molecule has 0 bridgehead atoms. The largest absolute Gasteiger partial charge is 0.353 e. The Kier molecular flexibility index (Phi) is 8.43. The Morgan fingerprint density at radius 3 is 2.35 bits per heavy atom. The number of hydrogen-bond donors (Lipinski definition) is 4. The van der Waals surface area contributed by atoms with Gasteiger partial charge >= 0.3 is 6.03 Å². The summed E-state index contributed by atoms with van der Waals surface area (Å²) in [5.74, 6) is -0.256. The molecule has 0 heterocycles. The van der Waals surface area contributed by atoms with Crippen molar-refractivity contribution in [2.75, 3.05) is 6.54 Å². The van der Waals surface area contributed by atoms with E-state index in [9.17, 15) is 14.4 Å². The third kappa shape index (κ3) is 7.85. The topological polar surface area (TPSA) is 99.3 Å². The Hall–Kier alpha value is -1.79. The van der Waals surface area contributed by atoms with Crippen LogP contribution in [-0.4, -0.2) is 42.5 Å². The van der Waals surface area contributed by atoms with Crippen LogP contribution in [-0.2, 0) is 9.59 Å². The summed E-state index contributed by atoms with van der Waals surface area (Å²) in [5.41, 5.74) is 0. The van der Waals surface area contributed by atoms with Crippen LogP contribution in [0, 0.1) is 0 Å². The van der Waals surface area contributed by atoms with Gasteiger partial charge in [0.05, 0.1) is 0 Å². The number of rotatable bonds is 8. The van der Waals surface area contributed by atoms with Crippen molar-refractivity contribution in [3.63, 3.8) is 0 Å². The highest BCUT2D eigenvalue weighted by molar-refractivity contribution is 5.87. The number of carbonyl (C=O) groups is 3. The van der Waals surface area contributed by atoms with Gasteiger partial charge in [-0.1, -0.05) is 19.8 Å². The molecule has 0 aliphatic heterocycles.